The van der Waals surface area contributed by atoms with E-state index in [9.17, 15) is 4.79 Å². The fourth-order valence-corrected chi connectivity index (χ4v) is 3.23. The molecule has 26 heavy (non-hydrogen) atoms. The molecule has 142 valence electrons. The van der Waals surface area contributed by atoms with Crippen LogP contribution >= 0.6 is 0 Å². The molecule has 7 nitrogen and oxygen atoms in total. The van der Waals surface area contributed by atoms with E-state index in [0.717, 1.165) is 35.5 Å². The van der Waals surface area contributed by atoms with Gasteiger partial charge in [-0.2, -0.15) is 0 Å². The molecule has 0 spiro atoms. The molecule has 0 radical (unpaired) electrons. The first-order valence-electron chi connectivity index (χ1n) is 9.10. The summed E-state index contributed by atoms with van der Waals surface area (Å²) in [5.74, 6) is 0. The Labute approximate surface area is 154 Å². The molecule has 0 aliphatic carbocycles. The molecule has 1 aliphatic heterocycles. The summed E-state index contributed by atoms with van der Waals surface area (Å²) >= 11 is 0. The summed E-state index contributed by atoms with van der Waals surface area (Å²) in [5, 5.41) is 0. The number of ether oxygens (including phenoxy) is 1. The maximum atomic E-state index is 12.3. The van der Waals surface area contributed by atoms with Gasteiger partial charge in [0.25, 0.3) is 0 Å². The smallest absolute Gasteiger partial charge is 0.410 e. The minimum Gasteiger partial charge on any atom is -0.444 e. The molecule has 0 saturated carbocycles. The number of anilines is 1. The van der Waals surface area contributed by atoms with Gasteiger partial charge in [0.2, 0.25) is 0 Å². The van der Waals surface area contributed by atoms with Gasteiger partial charge in [-0.05, 0) is 39.8 Å². The molecule has 2 aromatic heterocycles. The van der Waals surface area contributed by atoms with Crippen LogP contribution in [0.5, 0.6) is 0 Å². The standard InChI is InChI=1S/C19H29N5O2/c1-13(20)17-16(12-15-14(21-17)6-7-22(15)5)23-8-10-24(11-9-23)18(25)26-19(2,3)4/h6-7,12-13H,8-11,20H2,1-5H3. The second kappa shape index (κ2) is 6.79. The molecule has 1 atom stereocenters. The first kappa shape index (κ1) is 18.5. The van der Waals surface area contributed by atoms with Crippen LogP contribution in [0, 0.1) is 0 Å². The Morgan fingerprint density at radius 3 is 2.50 bits per heavy atom. The first-order chi connectivity index (χ1) is 12.2. The summed E-state index contributed by atoms with van der Waals surface area (Å²) in [5.41, 5.74) is 9.70. The lowest BCUT2D eigenvalue weighted by Gasteiger charge is -2.37. The molecule has 3 heterocycles. The van der Waals surface area contributed by atoms with Crippen molar-refractivity contribution >= 4 is 22.8 Å². The SMILES string of the molecule is CC(N)c1nc2ccn(C)c2cc1N1CCN(C(=O)OC(C)(C)C)CC1. The van der Waals surface area contributed by atoms with Crippen LogP contribution in [0.1, 0.15) is 39.4 Å². The molecule has 3 rings (SSSR count). The lowest BCUT2D eigenvalue weighted by molar-refractivity contribution is 0.0240. The van der Waals surface area contributed by atoms with E-state index < -0.39 is 5.60 Å². The molecular weight excluding hydrogens is 330 g/mol. The molecule has 1 fully saturated rings. The van der Waals surface area contributed by atoms with Crippen molar-refractivity contribution in [3.05, 3.63) is 24.0 Å². The minimum atomic E-state index is -0.474. The molecule has 1 saturated heterocycles. The van der Waals surface area contributed by atoms with Crippen molar-refractivity contribution in [1.29, 1.82) is 0 Å². The Morgan fingerprint density at radius 1 is 1.27 bits per heavy atom. The number of carbonyl (C=O) groups is 1. The van der Waals surface area contributed by atoms with E-state index in [1.54, 1.807) is 4.90 Å². The number of pyridine rings is 1. The number of piperazine rings is 1. The lowest BCUT2D eigenvalue weighted by atomic mass is 10.1. The van der Waals surface area contributed by atoms with E-state index in [0.29, 0.717) is 13.1 Å². The van der Waals surface area contributed by atoms with E-state index in [1.807, 2.05) is 47.0 Å². The number of nitrogens with zero attached hydrogens (tertiary/aromatic N) is 4. The average molecular weight is 359 g/mol. The van der Waals surface area contributed by atoms with Gasteiger partial charge in [0.05, 0.1) is 22.4 Å². The van der Waals surface area contributed by atoms with Gasteiger partial charge in [-0.3, -0.25) is 0 Å². The fraction of sp³-hybridized carbons (Fsp3) is 0.579. The molecule has 1 unspecified atom stereocenters. The fourth-order valence-electron chi connectivity index (χ4n) is 3.23. The van der Waals surface area contributed by atoms with Crippen molar-refractivity contribution in [3.8, 4) is 0 Å². The maximum absolute atomic E-state index is 12.3. The molecule has 1 aliphatic rings. The van der Waals surface area contributed by atoms with Crippen LogP contribution in [-0.4, -0.2) is 52.3 Å². The van der Waals surface area contributed by atoms with Gasteiger partial charge < -0.3 is 24.8 Å². The normalized spacial score (nSPS) is 16.8. The van der Waals surface area contributed by atoms with E-state index >= 15 is 0 Å². The number of aromatic nitrogens is 2. The van der Waals surface area contributed by atoms with Gasteiger partial charge in [0.15, 0.2) is 0 Å². The summed E-state index contributed by atoms with van der Waals surface area (Å²) in [6.45, 7) is 10.3. The molecule has 1 amide bonds. The van der Waals surface area contributed by atoms with E-state index in [-0.39, 0.29) is 12.1 Å². The van der Waals surface area contributed by atoms with Gasteiger partial charge in [-0.1, -0.05) is 0 Å². The monoisotopic (exact) mass is 359 g/mol. The Kier molecular flexibility index (Phi) is 4.84. The molecule has 2 N–H and O–H groups in total. The Hall–Kier alpha value is -2.28. The van der Waals surface area contributed by atoms with Crippen molar-refractivity contribution in [2.75, 3.05) is 31.1 Å². The van der Waals surface area contributed by atoms with Crippen LogP contribution in [-0.2, 0) is 11.8 Å². The zero-order valence-corrected chi connectivity index (χ0v) is 16.3. The second-order valence-electron chi connectivity index (χ2n) is 7.97. The zero-order chi connectivity index (χ0) is 19.1. The predicted molar refractivity (Wildman–Crippen MR) is 103 cm³/mol. The zero-order valence-electron chi connectivity index (χ0n) is 16.3. The maximum Gasteiger partial charge on any atom is 0.410 e. The van der Waals surface area contributed by atoms with Crippen molar-refractivity contribution in [2.45, 2.75) is 39.3 Å². The number of fused-ring (bicyclic) bond motifs is 1. The number of nitrogens with two attached hydrogens (primary N) is 1. The van der Waals surface area contributed by atoms with E-state index in [4.69, 9.17) is 15.5 Å². The number of hydrogen-bond acceptors (Lipinski definition) is 5. The van der Waals surface area contributed by atoms with Crippen molar-refractivity contribution in [3.63, 3.8) is 0 Å². The highest BCUT2D eigenvalue weighted by Crippen LogP contribution is 2.29. The highest BCUT2D eigenvalue weighted by atomic mass is 16.6. The number of rotatable bonds is 2. The molecule has 2 aromatic rings. The van der Waals surface area contributed by atoms with Crippen LogP contribution in [0.15, 0.2) is 18.3 Å². The van der Waals surface area contributed by atoms with Crippen LogP contribution in [0.2, 0.25) is 0 Å². The molecular formula is C19H29N5O2. The Balaban J connectivity index is 1.79. The summed E-state index contributed by atoms with van der Waals surface area (Å²) < 4.78 is 7.54. The molecule has 0 bridgehead atoms. The van der Waals surface area contributed by atoms with Crippen molar-refractivity contribution in [1.82, 2.24) is 14.5 Å². The van der Waals surface area contributed by atoms with Crippen LogP contribution in [0.3, 0.4) is 0 Å². The van der Waals surface area contributed by atoms with E-state index in [2.05, 4.69) is 15.5 Å². The van der Waals surface area contributed by atoms with Gasteiger partial charge >= 0.3 is 6.09 Å². The predicted octanol–water partition coefficient (Wildman–Crippen LogP) is 2.65. The third kappa shape index (κ3) is 3.77. The molecule has 0 aromatic carbocycles. The van der Waals surface area contributed by atoms with Gasteiger partial charge in [0, 0.05) is 45.5 Å². The quantitative estimate of drug-likeness (QED) is 0.892. The van der Waals surface area contributed by atoms with Crippen LogP contribution in [0.4, 0.5) is 10.5 Å². The number of aryl methyl sites for hydroxylation is 1. The summed E-state index contributed by atoms with van der Waals surface area (Å²) in [6, 6.07) is 4.01. The summed E-state index contributed by atoms with van der Waals surface area (Å²) in [6.07, 6.45) is 1.76. The highest BCUT2D eigenvalue weighted by Gasteiger charge is 2.27. The van der Waals surface area contributed by atoms with Crippen LogP contribution in [0.25, 0.3) is 11.0 Å². The topological polar surface area (TPSA) is 76.6 Å². The third-order valence-corrected chi connectivity index (χ3v) is 4.58. The molecule has 7 heteroatoms. The second-order valence-corrected chi connectivity index (χ2v) is 7.97. The Bertz CT molecular complexity index is 798. The van der Waals surface area contributed by atoms with Crippen LogP contribution < -0.4 is 10.6 Å². The van der Waals surface area contributed by atoms with Gasteiger partial charge in [-0.25, -0.2) is 9.78 Å². The summed E-state index contributed by atoms with van der Waals surface area (Å²) in [4.78, 5) is 21.1. The van der Waals surface area contributed by atoms with Gasteiger partial charge in [-0.15, -0.1) is 0 Å². The van der Waals surface area contributed by atoms with Gasteiger partial charge in [0.1, 0.15) is 5.60 Å². The number of amides is 1. The largest absolute Gasteiger partial charge is 0.444 e. The first-order valence-corrected chi connectivity index (χ1v) is 9.10. The average Bonchev–Trinajstić information content (AvgIpc) is 2.93. The number of hydrogen-bond donors (Lipinski definition) is 1. The van der Waals surface area contributed by atoms with E-state index in [1.165, 1.54) is 0 Å². The lowest BCUT2D eigenvalue weighted by Crippen LogP contribution is -2.50. The highest BCUT2D eigenvalue weighted by molar-refractivity contribution is 5.81. The Morgan fingerprint density at radius 2 is 1.92 bits per heavy atom. The minimum absolute atomic E-state index is 0.154. The number of carbonyl (C=O) groups excluding carboxylic acids is 1. The van der Waals surface area contributed by atoms with Crippen molar-refractivity contribution in [2.24, 2.45) is 12.8 Å². The third-order valence-electron chi connectivity index (χ3n) is 4.58. The van der Waals surface area contributed by atoms with Crippen molar-refractivity contribution < 1.29 is 9.53 Å². The summed E-state index contributed by atoms with van der Waals surface area (Å²) in [7, 11) is 2.01.